The van der Waals surface area contributed by atoms with Crippen molar-refractivity contribution in [2.24, 2.45) is 0 Å². The molecule has 0 heterocycles. The normalized spacial score (nSPS) is 11.3. The molecule has 0 spiro atoms. The fraction of sp³-hybridized carbons (Fsp3) is 0.625. The first-order valence-corrected chi connectivity index (χ1v) is 3.82. The van der Waals surface area contributed by atoms with Gasteiger partial charge in [0, 0.05) is 6.20 Å². The molecule has 0 rings (SSSR count). The summed E-state index contributed by atoms with van der Waals surface area (Å²) in [6, 6.07) is 0. The molecule has 11 heavy (non-hydrogen) atoms. The number of amides is 1. The first-order valence-electron chi connectivity index (χ1n) is 3.82. The Bertz CT molecular complexity index is 152. The molecule has 3 heteroatoms. The van der Waals surface area contributed by atoms with Gasteiger partial charge >= 0.3 is 6.09 Å². The monoisotopic (exact) mass is 157 g/mol. The zero-order chi connectivity index (χ0) is 8.69. The van der Waals surface area contributed by atoms with Crippen LogP contribution in [0.4, 0.5) is 4.79 Å². The summed E-state index contributed by atoms with van der Waals surface area (Å²) in [4.78, 5) is 10.0. The average Bonchev–Trinajstić information content (AvgIpc) is 1.97. The molecule has 64 valence electrons. The lowest BCUT2D eigenvalue weighted by molar-refractivity contribution is 0.198. The second-order valence-electron chi connectivity index (χ2n) is 2.54. The maximum atomic E-state index is 10.0. The number of carboxylic acid groups (broad SMARTS) is 1. The molecule has 0 aromatic carbocycles. The van der Waals surface area contributed by atoms with E-state index >= 15 is 0 Å². The Morgan fingerprint density at radius 1 is 1.64 bits per heavy atom. The molecule has 0 saturated heterocycles. The van der Waals surface area contributed by atoms with Crippen molar-refractivity contribution in [1.82, 2.24) is 5.32 Å². The minimum absolute atomic E-state index is 0.969. The van der Waals surface area contributed by atoms with Crippen LogP contribution in [-0.4, -0.2) is 11.2 Å². The lowest BCUT2D eigenvalue weighted by Gasteiger charge is -1.98. The highest BCUT2D eigenvalue weighted by atomic mass is 16.4. The molecule has 3 nitrogen and oxygen atoms in total. The van der Waals surface area contributed by atoms with E-state index in [-0.39, 0.29) is 0 Å². The van der Waals surface area contributed by atoms with Crippen LogP contribution in [0.5, 0.6) is 0 Å². The van der Waals surface area contributed by atoms with Gasteiger partial charge in [-0.15, -0.1) is 0 Å². The summed E-state index contributed by atoms with van der Waals surface area (Å²) < 4.78 is 0. The van der Waals surface area contributed by atoms with Crippen molar-refractivity contribution >= 4 is 6.09 Å². The Balaban J connectivity index is 3.54. The van der Waals surface area contributed by atoms with Gasteiger partial charge in [0.25, 0.3) is 0 Å². The number of nitrogens with one attached hydrogen (secondary N) is 1. The van der Waals surface area contributed by atoms with Gasteiger partial charge in [0.05, 0.1) is 0 Å². The Hall–Kier alpha value is -0.990. The minimum atomic E-state index is -0.999. The van der Waals surface area contributed by atoms with E-state index in [1.807, 2.05) is 6.92 Å². The predicted molar refractivity (Wildman–Crippen MR) is 44.4 cm³/mol. The van der Waals surface area contributed by atoms with Crippen molar-refractivity contribution in [2.45, 2.75) is 33.1 Å². The SMILES string of the molecule is CCCC/C(C)=C/NC(=O)O. The lowest BCUT2D eigenvalue weighted by atomic mass is 10.1. The van der Waals surface area contributed by atoms with Gasteiger partial charge in [-0.2, -0.15) is 0 Å². The van der Waals surface area contributed by atoms with Gasteiger partial charge in [-0.1, -0.05) is 18.9 Å². The minimum Gasteiger partial charge on any atom is -0.465 e. The molecular weight excluding hydrogens is 142 g/mol. The Morgan fingerprint density at radius 2 is 2.27 bits per heavy atom. The number of unbranched alkanes of at least 4 members (excludes halogenated alkanes) is 1. The van der Waals surface area contributed by atoms with Crippen molar-refractivity contribution in [3.63, 3.8) is 0 Å². The summed E-state index contributed by atoms with van der Waals surface area (Å²) in [7, 11) is 0. The molecule has 0 aromatic heterocycles. The summed E-state index contributed by atoms with van der Waals surface area (Å²) in [5.41, 5.74) is 1.08. The topological polar surface area (TPSA) is 49.3 Å². The van der Waals surface area contributed by atoms with Crippen molar-refractivity contribution in [3.8, 4) is 0 Å². The molecule has 0 aliphatic carbocycles. The fourth-order valence-corrected chi connectivity index (χ4v) is 0.713. The zero-order valence-electron chi connectivity index (χ0n) is 7.05. The van der Waals surface area contributed by atoms with Crippen LogP contribution >= 0.6 is 0 Å². The molecule has 2 N–H and O–H groups in total. The van der Waals surface area contributed by atoms with Crippen molar-refractivity contribution in [3.05, 3.63) is 11.8 Å². The van der Waals surface area contributed by atoms with Crippen molar-refractivity contribution < 1.29 is 9.90 Å². The Morgan fingerprint density at radius 3 is 2.73 bits per heavy atom. The van der Waals surface area contributed by atoms with E-state index in [9.17, 15) is 4.79 Å². The van der Waals surface area contributed by atoms with Gasteiger partial charge in [0.1, 0.15) is 0 Å². The van der Waals surface area contributed by atoms with Gasteiger partial charge < -0.3 is 5.11 Å². The highest BCUT2D eigenvalue weighted by molar-refractivity contribution is 5.65. The second-order valence-corrected chi connectivity index (χ2v) is 2.54. The number of carbonyl (C=O) groups is 1. The van der Waals surface area contributed by atoms with Crippen molar-refractivity contribution in [2.75, 3.05) is 0 Å². The van der Waals surface area contributed by atoms with E-state index in [0.29, 0.717) is 0 Å². The van der Waals surface area contributed by atoms with E-state index < -0.39 is 6.09 Å². The third-order valence-electron chi connectivity index (χ3n) is 1.37. The first kappa shape index (κ1) is 10.0. The number of hydrogen-bond acceptors (Lipinski definition) is 1. The van der Waals surface area contributed by atoms with Crippen LogP contribution in [0.15, 0.2) is 11.8 Å². The summed E-state index contributed by atoms with van der Waals surface area (Å²) >= 11 is 0. The third kappa shape index (κ3) is 6.90. The van der Waals surface area contributed by atoms with Crippen LogP contribution in [0.2, 0.25) is 0 Å². The van der Waals surface area contributed by atoms with Crippen molar-refractivity contribution in [1.29, 1.82) is 0 Å². The third-order valence-corrected chi connectivity index (χ3v) is 1.37. The maximum Gasteiger partial charge on any atom is 0.408 e. The van der Waals surface area contributed by atoms with Gasteiger partial charge in [0.2, 0.25) is 0 Å². The first-order chi connectivity index (χ1) is 5.16. The smallest absolute Gasteiger partial charge is 0.408 e. The van der Waals surface area contributed by atoms with Crippen LogP contribution in [-0.2, 0) is 0 Å². The molecule has 0 radical (unpaired) electrons. The quantitative estimate of drug-likeness (QED) is 0.658. The van der Waals surface area contributed by atoms with Crippen LogP contribution < -0.4 is 5.32 Å². The predicted octanol–water partition coefficient (Wildman–Crippen LogP) is 2.35. The Kier molecular flexibility index (Phi) is 5.25. The molecule has 0 unspecified atom stereocenters. The van der Waals surface area contributed by atoms with Crippen LogP contribution in [0, 0.1) is 0 Å². The van der Waals surface area contributed by atoms with E-state index in [4.69, 9.17) is 5.11 Å². The standard InChI is InChI=1S/C8H15NO2/c1-3-4-5-7(2)6-9-8(10)11/h6,9H,3-5H2,1-2H3,(H,10,11)/b7-6+. The molecule has 1 amide bonds. The van der Waals surface area contributed by atoms with E-state index in [1.165, 1.54) is 6.20 Å². The number of rotatable bonds is 4. The lowest BCUT2D eigenvalue weighted by Crippen LogP contribution is -2.13. The molecule has 0 saturated carbocycles. The van der Waals surface area contributed by atoms with E-state index in [0.717, 1.165) is 24.8 Å². The summed E-state index contributed by atoms with van der Waals surface area (Å²) in [6.45, 7) is 4.03. The molecule has 0 aromatic rings. The highest BCUT2D eigenvalue weighted by Crippen LogP contribution is 2.03. The molecular formula is C8H15NO2. The van der Waals surface area contributed by atoms with E-state index in [2.05, 4.69) is 12.2 Å². The molecule has 0 fully saturated rings. The van der Waals surface area contributed by atoms with E-state index in [1.54, 1.807) is 0 Å². The van der Waals surface area contributed by atoms with Gasteiger partial charge in [-0.25, -0.2) is 4.79 Å². The van der Waals surface area contributed by atoms with Crippen LogP contribution in [0.3, 0.4) is 0 Å². The molecule has 0 aliphatic heterocycles. The highest BCUT2D eigenvalue weighted by Gasteiger charge is 1.91. The molecule has 0 bridgehead atoms. The largest absolute Gasteiger partial charge is 0.465 e. The van der Waals surface area contributed by atoms with Gasteiger partial charge in [-0.05, 0) is 19.8 Å². The summed E-state index contributed by atoms with van der Waals surface area (Å²) in [6.07, 6.45) is 3.76. The van der Waals surface area contributed by atoms with Gasteiger partial charge in [0.15, 0.2) is 0 Å². The Labute approximate surface area is 67.1 Å². The summed E-state index contributed by atoms with van der Waals surface area (Å²) in [5.74, 6) is 0. The van der Waals surface area contributed by atoms with Crippen LogP contribution in [0.25, 0.3) is 0 Å². The molecule has 0 aliphatic rings. The van der Waals surface area contributed by atoms with Gasteiger partial charge in [-0.3, -0.25) is 5.32 Å². The maximum absolute atomic E-state index is 10.0. The fourth-order valence-electron chi connectivity index (χ4n) is 0.713. The summed E-state index contributed by atoms with van der Waals surface area (Å²) in [5, 5.41) is 10.4. The van der Waals surface area contributed by atoms with Crippen LogP contribution in [0.1, 0.15) is 33.1 Å². The molecule has 0 atom stereocenters. The number of allylic oxidation sites excluding steroid dienone is 1. The second kappa shape index (κ2) is 5.77. The number of hydrogen-bond donors (Lipinski definition) is 2. The average molecular weight is 157 g/mol. The zero-order valence-corrected chi connectivity index (χ0v) is 7.05.